The lowest BCUT2D eigenvalue weighted by Crippen LogP contribution is -2.30. The van der Waals surface area contributed by atoms with Crippen LogP contribution in [0.4, 0.5) is 0 Å². The summed E-state index contributed by atoms with van der Waals surface area (Å²) in [6.45, 7) is 7.62. The number of nitrogens with one attached hydrogen (secondary N) is 2. The molecule has 0 saturated carbocycles. The molecule has 0 aliphatic heterocycles. The highest BCUT2D eigenvalue weighted by molar-refractivity contribution is 5.69. The predicted molar refractivity (Wildman–Crippen MR) is 60.5 cm³/mol. The molecular weight excluding hydrogens is 208 g/mol. The topological polar surface area (TPSA) is 83.5 Å². The molecule has 0 radical (unpaired) electrons. The van der Waals surface area contributed by atoms with Crippen molar-refractivity contribution < 1.29 is 0 Å². The molecule has 0 bridgehead atoms. The Morgan fingerprint density at radius 1 is 1.44 bits per heavy atom. The Bertz CT molecular complexity index is 674. The fourth-order valence-electron chi connectivity index (χ4n) is 1.57. The number of hydrogen-bond donors (Lipinski definition) is 2. The first-order valence-corrected chi connectivity index (χ1v) is 4.83. The van der Waals surface area contributed by atoms with Crippen LogP contribution in [-0.2, 0) is 6.54 Å². The van der Waals surface area contributed by atoms with Gasteiger partial charge in [0.1, 0.15) is 11.3 Å². The van der Waals surface area contributed by atoms with Gasteiger partial charge in [0.25, 0.3) is 5.56 Å². The van der Waals surface area contributed by atoms with E-state index in [-0.39, 0.29) is 0 Å². The predicted octanol–water partition coefficient (Wildman–Crippen LogP) is 0.297. The van der Waals surface area contributed by atoms with E-state index in [2.05, 4.69) is 21.5 Å². The van der Waals surface area contributed by atoms with Crippen LogP contribution in [0.25, 0.3) is 11.2 Å². The van der Waals surface area contributed by atoms with Gasteiger partial charge < -0.3 is 4.98 Å². The summed E-state index contributed by atoms with van der Waals surface area (Å²) in [4.78, 5) is 32.3. The van der Waals surface area contributed by atoms with E-state index in [1.807, 2.05) is 6.92 Å². The van der Waals surface area contributed by atoms with E-state index in [0.29, 0.717) is 23.5 Å². The zero-order valence-corrected chi connectivity index (χ0v) is 9.13. The average molecular weight is 220 g/mol. The van der Waals surface area contributed by atoms with E-state index in [1.54, 1.807) is 6.92 Å². The van der Waals surface area contributed by atoms with Crippen LogP contribution in [0.2, 0.25) is 0 Å². The van der Waals surface area contributed by atoms with E-state index < -0.39 is 11.2 Å². The molecular formula is C10H12N4O2. The van der Waals surface area contributed by atoms with Crippen LogP contribution in [0, 0.1) is 6.92 Å². The van der Waals surface area contributed by atoms with Crippen molar-refractivity contribution in [1.82, 2.24) is 19.5 Å². The number of rotatable bonds is 2. The number of aryl methyl sites for hydroxylation is 1. The summed E-state index contributed by atoms with van der Waals surface area (Å²) in [7, 11) is 0. The molecule has 2 N–H and O–H groups in total. The molecule has 6 heteroatoms. The molecule has 0 fully saturated rings. The molecule has 0 atom stereocenters. The summed E-state index contributed by atoms with van der Waals surface area (Å²) in [6.07, 6.45) is 0. The third-order valence-corrected chi connectivity index (χ3v) is 2.18. The first-order valence-electron chi connectivity index (χ1n) is 4.83. The third kappa shape index (κ3) is 1.58. The number of nitrogens with zero attached hydrogens (tertiary/aromatic N) is 2. The van der Waals surface area contributed by atoms with Crippen LogP contribution in [0.5, 0.6) is 0 Å². The first kappa shape index (κ1) is 10.4. The van der Waals surface area contributed by atoms with Crippen molar-refractivity contribution in [3.8, 4) is 0 Å². The lowest BCUT2D eigenvalue weighted by molar-refractivity contribution is 0.738. The second-order valence-electron chi connectivity index (χ2n) is 3.82. The van der Waals surface area contributed by atoms with Crippen molar-refractivity contribution in [2.45, 2.75) is 20.4 Å². The smallest absolute Gasteiger partial charge is 0.330 e. The molecule has 16 heavy (non-hydrogen) atoms. The van der Waals surface area contributed by atoms with E-state index in [4.69, 9.17) is 0 Å². The zero-order valence-electron chi connectivity index (χ0n) is 9.13. The molecule has 0 aromatic carbocycles. The Morgan fingerprint density at radius 2 is 2.12 bits per heavy atom. The lowest BCUT2D eigenvalue weighted by atomic mass is 10.3. The fourth-order valence-corrected chi connectivity index (χ4v) is 1.57. The molecule has 0 spiro atoms. The summed E-state index contributed by atoms with van der Waals surface area (Å²) >= 11 is 0. The first-order chi connectivity index (χ1) is 7.49. The fraction of sp³-hybridized carbons (Fsp3) is 0.300. The lowest BCUT2D eigenvalue weighted by Gasteiger charge is -2.04. The summed E-state index contributed by atoms with van der Waals surface area (Å²) in [5, 5.41) is 0. The number of H-pyrrole nitrogens is 2. The monoisotopic (exact) mass is 220 g/mol. The maximum Gasteiger partial charge on any atom is 0.330 e. The number of hydrogen-bond acceptors (Lipinski definition) is 3. The molecule has 2 aromatic heterocycles. The van der Waals surface area contributed by atoms with Crippen molar-refractivity contribution in [3.05, 3.63) is 38.8 Å². The van der Waals surface area contributed by atoms with Crippen LogP contribution in [0.1, 0.15) is 12.7 Å². The summed E-state index contributed by atoms with van der Waals surface area (Å²) in [5.41, 5.74) is 0.592. The zero-order chi connectivity index (χ0) is 11.9. The standard InChI is InChI=1S/C10H12N4O2/c1-5(2)4-14-8-7(11-6(3)12-8)9(15)13-10(14)16/h1,4H2,2-3H3,(H,11,12)(H,13,15,16). The van der Waals surface area contributed by atoms with Gasteiger partial charge in [-0.3, -0.25) is 14.3 Å². The van der Waals surface area contributed by atoms with Crippen molar-refractivity contribution in [2.24, 2.45) is 0 Å². The Morgan fingerprint density at radius 3 is 2.75 bits per heavy atom. The van der Waals surface area contributed by atoms with Crippen LogP contribution in [0.15, 0.2) is 21.7 Å². The number of aromatic nitrogens is 4. The van der Waals surface area contributed by atoms with Crippen molar-refractivity contribution in [2.75, 3.05) is 0 Å². The van der Waals surface area contributed by atoms with Crippen LogP contribution < -0.4 is 11.2 Å². The SMILES string of the molecule is C=C(C)Cn1c(=O)[nH]c(=O)c2[nH]c(C)nc21. The minimum Gasteiger partial charge on any atom is -0.336 e. The second kappa shape index (κ2) is 3.48. The van der Waals surface area contributed by atoms with Gasteiger partial charge in [-0.2, -0.15) is 0 Å². The molecule has 0 saturated heterocycles. The molecule has 0 amide bonds. The summed E-state index contributed by atoms with van der Waals surface area (Å²) in [5.74, 6) is 0.599. The highest BCUT2D eigenvalue weighted by Gasteiger charge is 2.10. The van der Waals surface area contributed by atoms with Gasteiger partial charge in [-0.05, 0) is 13.8 Å². The number of fused-ring (bicyclic) bond motifs is 1. The van der Waals surface area contributed by atoms with E-state index in [1.165, 1.54) is 4.57 Å². The highest BCUT2D eigenvalue weighted by Crippen LogP contribution is 2.05. The quantitative estimate of drug-likeness (QED) is 0.714. The third-order valence-electron chi connectivity index (χ3n) is 2.18. The van der Waals surface area contributed by atoms with Crippen molar-refractivity contribution in [3.63, 3.8) is 0 Å². The van der Waals surface area contributed by atoms with E-state index in [9.17, 15) is 9.59 Å². The summed E-state index contributed by atoms with van der Waals surface area (Å²) < 4.78 is 1.39. The molecule has 0 aliphatic rings. The number of allylic oxidation sites excluding steroid dienone is 1. The Hall–Kier alpha value is -2.11. The molecule has 0 unspecified atom stereocenters. The maximum absolute atomic E-state index is 11.6. The Labute approximate surface area is 90.6 Å². The number of imidazole rings is 1. The van der Waals surface area contributed by atoms with Gasteiger partial charge in [-0.15, -0.1) is 0 Å². The second-order valence-corrected chi connectivity index (χ2v) is 3.82. The van der Waals surface area contributed by atoms with Crippen LogP contribution in [-0.4, -0.2) is 19.5 Å². The van der Waals surface area contributed by atoms with Gasteiger partial charge in [0, 0.05) is 6.54 Å². The van der Waals surface area contributed by atoms with Gasteiger partial charge in [-0.25, -0.2) is 9.78 Å². The van der Waals surface area contributed by atoms with E-state index in [0.717, 1.165) is 5.57 Å². The van der Waals surface area contributed by atoms with Crippen LogP contribution >= 0.6 is 0 Å². The minimum atomic E-state index is -0.466. The molecule has 2 rings (SSSR count). The highest BCUT2D eigenvalue weighted by atomic mass is 16.2. The van der Waals surface area contributed by atoms with E-state index >= 15 is 0 Å². The average Bonchev–Trinajstić information content (AvgIpc) is 2.54. The largest absolute Gasteiger partial charge is 0.336 e. The van der Waals surface area contributed by atoms with Gasteiger partial charge >= 0.3 is 5.69 Å². The Kier molecular flexibility index (Phi) is 2.26. The van der Waals surface area contributed by atoms with Gasteiger partial charge in [0.05, 0.1) is 0 Å². The Balaban J connectivity index is 2.86. The normalized spacial score (nSPS) is 10.9. The molecule has 84 valence electrons. The van der Waals surface area contributed by atoms with Crippen LogP contribution in [0.3, 0.4) is 0 Å². The molecule has 6 nitrogen and oxygen atoms in total. The molecule has 2 aromatic rings. The van der Waals surface area contributed by atoms with Gasteiger partial charge in [-0.1, -0.05) is 12.2 Å². The van der Waals surface area contributed by atoms with Gasteiger partial charge in [0.15, 0.2) is 5.65 Å². The summed E-state index contributed by atoms with van der Waals surface area (Å²) in [6, 6.07) is 0. The molecule has 2 heterocycles. The maximum atomic E-state index is 11.6. The minimum absolute atomic E-state index is 0.318. The number of aromatic amines is 2. The van der Waals surface area contributed by atoms with Gasteiger partial charge in [0.2, 0.25) is 0 Å². The molecule has 0 aliphatic carbocycles. The van der Waals surface area contributed by atoms with Crippen molar-refractivity contribution in [1.29, 1.82) is 0 Å². The van der Waals surface area contributed by atoms with Crippen molar-refractivity contribution >= 4 is 11.2 Å².